The predicted octanol–water partition coefficient (Wildman–Crippen LogP) is 1.85. The molecule has 0 aromatic carbocycles. The highest BCUT2D eigenvalue weighted by Gasteiger charge is 2.20. The lowest BCUT2D eigenvalue weighted by Crippen LogP contribution is -2.34. The number of nitrogens with one attached hydrogen (secondary N) is 1. The summed E-state index contributed by atoms with van der Waals surface area (Å²) in [4.78, 5) is 12.8. The van der Waals surface area contributed by atoms with E-state index in [0.717, 1.165) is 12.0 Å². The molecule has 1 rings (SSSR count). The van der Waals surface area contributed by atoms with Crippen molar-refractivity contribution in [2.75, 3.05) is 26.8 Å². The van der Waals surface area contributed by atoms with Crippen LogP contribution < -0.4 is 11.1 Å². The molecule has 110 valence electrons. The molecule has 5 heteroatoms. The third kappa shape index (κ3) is 5.33. The Labute approximate surface area is 124 Å². The number of carbonyl (C=O) groups excluding carboxylic acids is 1. The minimum atomic E-state index is -0.0770. The molecule has 1 aromatic heterocycles. The molecular weight excluding hydrogens is 272 g/mol. The van der Waals surface area contributed by atoms with Crippen molar-refractivity contribution in [3.05, 3.63) is 21.9 Å². The molecule has 1 heterocycles. The van der Waals surface area contributed by atoms with Gasteiger partial charge in [0.1, 0.15) is 4.88 Å². The van der Waals surface area contributed by atoms with Crippen molar-refractivity contribution in [2.45, 2.75) is 20.3 Å². The zero-order chi connectivity index (χ0) is 15.0. The number of hydrogen-bond donors (Lipinski definition) is 2. The number of thiophene rings is 1. The van der Waals surface area contributed by atoms with Gasteiger partial charge in [-0.1, -0.05) is 25.7 Å². The van der Waals surface area contributed by atoms with Gasteiger partial charge in [0.2, 0.25) is 0 Å². The summed E-state index contributed by atoms with van der Waals surface area (Å²) in [5, 5.41) is 4.83. The smallest absolute Gasteiger partial charge is 0.262 e. The van der Waals surface area contributed by atoms with Crippen molar-refractivity contribution in [2.24, 2.45) is 11.1 Å². The van der Waals surface area contributed by atoms with Gasteiger partial charge in [-0.25, -0.2) is 0 Å². The van der Waals surface area contributed by atoms with Crippen molar-refractivity contribution >= 4 is 17.2 Å². The minimum absolute atomic E-state index is 0.00598. The molecule has 0 spiro atoms. The van der Waals surface area contributed by atoms with Crippen LogP contribution in [0, 0.1) is 17.3 Å². The zero-order valence-corrected chi connectivity index (χ0v) is 13.1. The average molecular weight is 294 g/mol. The van der Waals surface area contributed by atoms with Crippen molar-refractivity contribution in [3.63, 3.8) is 0 Å². The Morgan fingerprint density at radius 3 is 2.95 bits per heavy atom. The number of rotatable bonds is 6. The van der Waals surface area contributed by atoms with Gasteiger partial charge in [0.25, 0.3) is 5.91 Å². The molecule has 1 aromatic rings. The lowest BCUT2D eigenvalue weighted by atomic mass is 9.89. The number of amides is 1. The van der Waals surface area contributed by atoms with Crippen LogP contribution in [0.3, 0.4) is 0 Å². The minimum Gasteiger partial charge on any atom is -0.385 e. The Bertz CT molecular complexity index is 497. The molecule has 0 aliphatic heterocycles. The van der Waals surface area contributed by atoms with Crippen LogP contribution in [0.4, 0.5) is 0 Å². The first-order valence-corrected chi connectivity index (χ1v) is 7.41. The molecule has 4 nitrogen and oxygen atoms in total. The fraction of sp³-hybridized carbons (Fsp3) is 0.533. The molecule has 3 N–H and O–H groups in total. The van der Waals surface area contributed by atoms with Gasteiger partial charge in [-0.2, -0.15) is 0 Å². The molecule has 0 unspecified atom stereocenters. The van der Waals surface area contributed by atoms with Crippen LogP contribution in [-0.2, 0) is 4.74 Å². The highest BCUT2D eigenvalue weighted by molar-refractivity contribution is 7.12. The predicted molar refractivity (Wildman–Crippen MR) is 82.9 cm³/mol. The number of carbonyl (C=O) groups is 1. The molecule has 20 heavy (non-hydrogen) atoms. The maximum absolute atomic E-state index is 12.2. The molecule has 0 bridgehead atoms. The van der Waals surface area contributed by atoms with E-state index in [-0.39, 0.29) is 11.3 Å². The van der Waals surface area contributed by atoms with Gasteiger partial charge < -0.3 is 15.8 Å². The first-order chi connectivity index (χ1) is 9.50. The number of methoxy groups -OCH3 is 1. The average Bonchev–Trinajstić information content (AvgIpc) is 2.89. The van der Waals surface area contributed by atoms with Crippen molar-refractivity contribution < 1.29 is 9.53 Å². The first-order valence-electron chi connectivity index (χ1n) is 6.54. The van der Waals surface area contributed by atoms with Crippen LogP contribution in [-0.4, -0.2) is 32.7 Å². The molecule has 0 radical (unpaired) electrons. The molecule has 0 aliphatic rings. The second-order valence-corrected chi connectivity index (χ2v) is 6.18. The first kappa shape index (κ1) is 16.7. The second kappa shape index (κ2) is 8.05. The molecule has 1 amide bonds. The maximum Gasteiger partial charge on any atom is 0.262 e. The number of ether oxygens (including phenoxy) is 1. The van der Waals surface area contributed by atoms with Crippen LogP contribution in [0.1, 0.15) is 35.5 Å². The van der Waals surface area contributed by atoms with Crippen LogP contribution in [0.2, 0.25) is 0 Å². The van der Waals surface area contributed by atoms with E-state index >= 15 is 0 Å². The monoisotopic (exact) mass is 294 g/mol. The van der Waals surface area contributed by atoms with Crippen LogP contribution >= 0.6 is 11.3 Å². The van der Waals surface area contributed by atoms with E-state index in [1.807, 2.05) is 11.4 Å². The summed E-state index contributed by atoms with van der Waals surface area (Å²) in [6.07, 6.45) is 0.897. The summed E-state index contributed by atoms with van der Waals surface area (Å²) in [5.74, 6) is 5.62. The largest absolute Gasteiger partial charge is 0.385 e. The molecular formula is C15H22N2O2S. The van der Waals surface area contributed by atoms with Gasteiger partial charge in [-0.15, -0.1) is 11.3 Å². The Morgan fingerprint density at radius 2 is 2.30 bits per heavy atom. The highest BCUT2D eigenvalue weighted by Crippen LogP contribution is 2.20. The summed E-state index contributed by atoms with van der Waals surface area (Å²) >= 11 is 1.40. The molecule has 0 saturated heterocycles. The van der Waals surface area contributed by atoms with Crippen LogP contribution in [0.15, 0.2) is 11.4 Å². The summed E-state index contributed by atoms with van der Waals surface area (Å²) in [7, 11) is 1.68. The van der Waals surface area contributed by atoms with E-state index in [9.17, 15) is 4.79 Å². The standard InChI is InChI=1S/C15H22N2O2S/c1-15(2,7-9-19-3)11-17-14(18)13-12(5-4-8-16)6-10-20-13/h6,10H,7-9,11,16H2,1-3H3,(H,17,18). The van der Waals surface area contributed by atoms with E-state index in [1.54, 1.807) is 7.11 Å². The number of nitrogens with two attached hydrogens (primary N) is 1. The van der Waals surface area contributed by atoms with Gasteiger partial charge in [0.15, 0.2) is 0 Å². The number of hydrogen-bond acceptors (Lipinski definition) is 4. The normalized spacial score (nSPS) is 10.8. The van der Waals surface area contributed by atoms with Crippen molar-refractivity contribution in [1.82, 2.24) is 5.32 Å². The van der Waals surface area contributed by atoms with Crippen molar-refractivity contribution in [3.8, 4) is 11.8 Å². The van der Waals surface area contributed by atoms with E-state index in [0.29, 0.717) is 24.6 Å². The summed E-state index contributed by atoms with van der Waals surface area (Å²) in [6, 6.07) is 1.85. The quantitative estimate of drug-likeness (QED) is 0.787. The summed E-state index contributed by atoms with van der Waals surface area (Å²) in [6.45, 7) is 5.80. The Hall–Kier alpha value is -1.35. The third-order valence-corrected chi connectivity index (χ3v) is 3.82. The fourth-order valence-corrected chi connectivity index (χ4v) is 2.36. The fourth-order valence-electron chi connectivity index (χ4n) is 1.60. The van der Waals surface area contributed by atoms with Gasteiger partial charge in [0, 0.05) is 25.8 Å². The summed E-state index contributed by atoms with van der Waals surface area (Å²) < 4.78 is 5.08. The maximum atomic E-state index is 12.2. The Morgan fingerprint density at radius 1 is 1.55 bits per heavy atom. The van der Waals surface area contributed by atoms with Crippen LogP contribution in [0.5, 0.6) is 0 Å². The Kier molecular flexibility index (Phi) is 6.73. The lowest BCUT2D eigenvalue weighted by Gasteiger charge is -2.24. The SMILES string of the molecule is COCCC(C)(C)CNC(=O)c1sccc1C#CCN. The van der Waals surface area contributed by atoms with E-state index < -0.39 is 0 Å². The van der Waals surface area contributed by atoms with E-state index in [4.69, 9.17) is 10.5 Å². The molecule has 0 saturated carbocycles. The molecule has 0 fully saturated rings. The summed E-state index contributed by atoms with van der Waals surface area (Å²) in [5.41, 5.74) is 6.10. The topological polar surface area (TPSA) is 64.3 Å². The van der Waals surface area contributed by atoms with Crippen LogP contribution in [0.25, 0.3) is 0 Å². The second-order valence-electron chi connectivity index (χ2n) is 5.26. The zero-order valence-electron chi connectivity index (χ0n) is 12.3. The molecule has 0 aliphatic carbocycles. The van der Waals surface area contributed by atoms with E-state index in [2.05, 4.69) is 31.0 Å². The van der Waals surface area contributed by atoms with Gasteiger partial charge in [-0.05, 0) is 23.3 Å². The van der Waals surface area contributed by atoms with Crippen molar-refractivity contribution in [1.29, 1.82) is 0 Å². The van der Waals surface area contributed by atoms with Gasteiger partial charge in [0.05, 0.1) is 6.54 Å². The lowest BCUT2D eigenvalue weighted by molar-refractivity contribution is 0.0924. The molecule has 0 atom stereocenters. The van der Waals surface area contributed by atoms with E-state index in [1.165, 1.54) is 11.3 Å². The van der Waals surface area contributed by atoms with Gasteiger partial charge in [-0.3, -0.25) is 4.79 Å². The third-order valence-electron chi connectivity index (χ3n) is 2.91. The Balaban J connectivity index is 2.61. The van der Waals surface area contributed by atoms with Gasteiger partial charge >= 0.3 is 0 Å². The highest BCUT2D eigenvalue weighted by atomic mass is 32.1.